The van der Waals surface area contributed by atoms with Crippen LogP contribution in [-0.4, -0.2) is 35.2 Å². The van der Waals surface area contributed by atoms with E-state index in [4.69, 9.17) is 10.2 Å². The summed E-state index contributed by atoms with van der Waals surface area (Å²) in [5.41, 5.74) is 5.25. The van der Waals surface area contributed by atoms with E-state index in [0.717, 1.165) is 30.9 Å². The van der Waals surface area contributed by atoms with Crippen LogP contribution in [0.1, 0.15) is 37.3 Å². The van der Waals surface area contributed by atoms with Crippen LogP contribution in [0.2, 0.25) is 0 Å². The normalized spacial score (nSPS) is 28.2. The van der Waals surface area contributed by atoms with Gasteiger partial charge in [0.1, 0.15) is 11.5 Å². The van der Waals surface area contributed by atoms with Crippen LogP contribution in [-0.2, 0) is 0 Å². The molecule has 1 fully saturated rings. The molecule has 96 valence electrons. The molecule has 4 heteroatoms. The third kappa shape index (κ3) is 2.89. The van der Waals surface area contributed by atoms with Crippen molar-refractivity contribution in [2.45, 2.75) is 38.3 Å². The minimum atomic E-state index is -0.604. The lowest BCUT2D eigenvalue weighted by molar-refractivity contribution is -0.0320. The minimum Gasteiger partial charge on any atom is -0.465 e. The molecule has 0 radical (unpaired) electrons. The van der Waals surface area contributed by atoms with Crippen LogP contribution in [0, 0.1) is 6.92 Å². The van der Waals surface area contributed by atoms with Crippen molar-refractivity contribution in [3.8, 4) is 0 Å². The summed E-state index contributed by atoms with van der Waals surface area (Å²) >= 11 is 0. The van der Waals surface area contributed by atoms with Gasteiger partial charge in [-0.2, -0.15) is 0 Å². The van der Waals surface area contributed by atoms with Crippen molar-refractivity contribution in [2.75, 3.05) is 19.6 Å². The Balaban J connectivity index is 2.13. The molecule has 2 atom stereocenters. The van der Waals surface area contributed by atoms with Crippen molar-refractivity contribution in [3.63, 3.8) is 0 Å². The summed E-state index contributed by atoms with van der Waals surface area (Å²) in [5.74, 6) is 1.81. The molecule has 1 saturated heterocycles. The van der Waals surface area contributed by atoms with Crippen molar-refractivity contribution >= 4 is 0 Å². The first-order valence-electron chi connectivity index (χ1n) is 6.25. The van der Waals surface area contributed by atoms with Gasteiger partial charge in [0, 0.05) is 13.1 Å². The van der Waals surface area contributed by atoms with E-state index < -0.39 is 5.60 Å². The lowest BCUT2D eigenvalue weighted by Gasteiger charge is -2.40. The Kier molecular flexibility index (Phi) is 3.56. The van der Waals surface area contributed by atoms with E-state index in [1.54, 1.807) is 0 Å². The molecule has 0 aromatic carbocycles. The SMILES string of the molecule is Cc1ccc(C(CN)N2CCCC(C)(O)C2)o1. The first-order valence-corrected chi connectivity index (χ1v) is 6.25. The van der Waals surface area contributed by atoms with Crippen LogP contribution in [0.5, 0.6) is 0 Å². The van der Waals surface area contributed by atoms with Crippen molar-refractivity contribution in [1.82, 2.24) is 4.90 Å². The van der Waals surface area contributed by atoms with Gasteiger partial charge in [-0.25, -0.2) is 0 Å². The number of hydrogen-bond donors (Lipinski definition) is 2. The molecule has 1 aromatic rings. The zero-order valence-corrected chi connectivity index (χ0v) is 10.6. The number of hydrogen-bond acceptors (Lipinski definition) is 4. The maximum atomic E-state index is 10.1. The van der Waals surface area contributed by atoms with E-state index in [0.29, 0.717) is 13.1 Å². The highest BCUT2D eigenvalue weighted by Crippen LogP contribution is 2.29. The summed E-state index contributed by atoms with van der Waals surface area (Å²) in [6, 6.07) is 4.02. The highest BCUT2D eigenvalue weighted by atomic mass is 16.3. The van der Waals surface area contributed by atoms with Gasteiger partial charge in [-0.05, 0) is 45.4 Å². The maximum Gasteiger partial charge on any atom is 0.122 e. The van der Waals surface area contributed by atoms with Gasteiger partial charge in [0.25, 0.3) is 0 Å². The predicted octanol–water partition coefficient (Wildman–Crippen LogP) is 1.43. The van der Waals surface area contributed by atoms with E-state index in [2.05, 4.69) is 4.90 Å². The minimum absolute atomic E-state index is 0.0791. The second kappa shape index (κ2) is 4.80. The molecule has 0 spiro atoms. The first kappa shape index (κ1) is 12.6. The summed E-state index contributed by atoms with van der Waals surface area (Å²) in [7, 11) is 0. The summed E-state index contributed by atoms with van der Waals surface area (Å²) in [5, 5.41) is 10.1. The quantitative estimate of drug-likeness (QED) is 0.836. The lowest BCUT2D eigenvalue weighted by Crippen LogP contribution is -2.48. The van der Waals surface area contributed by atoms with Gasteiger partial charge < -0.3 is 15.3 Å². The third-order valence-electron chi connectivity index (χ3n) is 3.46. The molecule has 0 saturated carbocycles. The number of likely N-dealkylation sites (tertiary alicyclic amines) is 1. The number of aliphatic hydroxyl groups is 1. The fourth-order valence-electron chi connectivity index (χ4n) is 2.60. The Hall–Kier alpha value is -0.840. The highest BCUT2D eigenvalue weighted by Gasteiger charge is 2.33. The van der Waals surface area contributed by atoms with Gasteiger partial charge in [0.2, 0.25) is 0 Å². The van der Waals surface area contributed by atoms with Gasteiger partial charge in [-0.15, -0.1) is 0 Å². The fourth-order valence-corrected chi connectivity index (χ4v) is 2.60. The number of nitrogens with zero attached hydrogens (tertiary/aromatic N) is 1. The van der Waals surface area contributed by atoms with E-state index in [-0.39, 0.29) is 6.04 Å². The number of rotatable bonds is 3. The molecule has 2 heterocycles. The van der Waals surface area contributed by atoms with Crippen LogP contribution in [0.25, 0.3) is 0 Å². The van der Waals surface area contributed by atoms with Crippen molar-refractivity contribution in [3.05, 3.63) is 23.7 Å². The topological polar surface area (TPSA) is 62.6 Å². The van der Waals surface area contributed by atoms with Crippen LogP contribution in [0.4, 0.5) is 0 Å². The molecular weight excluding hydrogens is 216 g/mol. The molecule has 1 aromatic heterocycles. The van der Waals surface area contributed by atoms with Crippen LogP contribution in [0.3, 0.4) is 0 Å². The summed E-state index contributed by atoms with van der Waals surface area (Å²) in [6.07, 6.45) is 1.86. The van der Waals surface area contributed by atoms with Gasteiger partial charge in [0.15, 0.2) is 0 Å². The molecule has 17 heavy (non-hydrogen) atoms. The fraction of sp³-hybridized carbons (Fsp3) is 0.692. The van der Waals surface area contributed by atoms with E-state index >= 15 is 0 Å². The van der Waals surface area contributed by atoms with Crippen molar-refractivity contribution in [2.24, 2.45) is 5.73 Å². The molecule has 2 rings (SSSR count). The molecule has 1 aliphatic heterocycles. The standard InChI is InChI=1S/C13H22N2O2/c1-10-4-5-12(17-10)11(8-14)15-7-3-6-13(2,16)9-15/h4-5,11,16H,3,6-9,14H2,1-2H3. The number of aryl methyl sites for hydroxylation is 1. The van der Waals surface area contributed by atoms with Crippen molar-refractivity contribution in [1.29, 1.82) is 0 Å². The molecule has 0 bridgehead atoms. The Bertz CT molecular complexity index is 373. The monoisotopic (exact) mass is 238 g/mol. The molecular formula is C13H22N2O2. The maximum absolute atomic E-state index is 10.1. The molecule has 0 amide bonds. The second-order valence-electron chi connectivity index (χ2n) is 5.27. The molecule has 0 aliphatic carbocycles. The van der Waals surface area contributed by atoms with Crippen LogP contribution in [0.15, 0.2) is 16.5 Å². The second-order valence-corrected chi connectivity index (χ2v) is 5.27. The van der Waals surface area contributed by atoms with Crippen molar-refractivity contribution < 1.29 is 9.52 Å². The number of piperidine rings is 1. The van der Waals surface area contributed by atoms with Crippen LogP contribution < -0.4 is 5.73 Å². The van der Waals surface area contributed by atoms with E-state index in [9.17, 15) is 5.11 Å². The summed E-state index contributed by atoms with van der Waals surface area (Å²) in [6.45, 7) is 5.97. The van der Waals surface area contributed by atoms with Gasteiger partial charge in [-0.3, -0.25) is 4.90 Å². The Morgan fingerprint density at radius 1 is 1.59 bits per heavy atom. The zero-order valence-electron chi connectivity index (χ0n) is 10.6. The van der Waals surface area contributed by atoms with E-state index in [1.165, 1.54) is 0 Å². The number of nitrogens with two attached hydrogens (primary N) is 1. The Morgan fingerprint density at radius 3 is 2.88 bits per heavy atom. The van der Waals surface area contributed by atoms with Crippen LogP contribution >= 0.6 is 0 Å². The molecule has 3 N–H and O–H groups in total. The zero-order chi connectivity index (χ0) is 12.5. The van der Waals surface area contributed by atoms with E-state index in [1.807, 2.05) is 26.0 Å². The molecule has 2 unspecified atom stereocenters. The average Bonchev–Trinajstić information content (AvgIpc) is 2.64. The average molecular weight is 238 g/mol. The third-order valence-corrected chi connectivity index (χ3v) is 3.46. The predicted molar refractivity (Wildman–Crippen MR) is 66.7 cm³/mol. The highest BCUT2D eigenvalue weighted by molar-refractivity contribution is 5.11. The Morgan fingerprint density at radius 2 is 2.35 bits per heavy atom. The summed E-state index contributed by atoms with van der Waals surface area (Å²) in [4.78, 5) is 2.22. The van der Waals surface area contributed by atoms with Gasteiger partial charge in [-0.1, -0.05) is 0 Å². The summed E-state index contributed by atoms with van der Waals surface area (Å²) < 4.78 is 5.65. The molecule has 1 aliphatic rings. The smallest absolute Gasteiger partial charge is 0.122 e. The first-order chi connectivity index (χ1) is 8.02. The largest absolute Gasteiger partial charge is 0.465 e. The lowest BCUT2D eigenvalue weighted by atomic mass is 9.93. The van der Waals surface area contributed by atoms with Gasteiger partial charge >= 0.3 is 0 Å². The number of furan rings is 1. The Labute approximate surface area is 102 Å². The molecule has 4 nitrogen and oxygen atoms in total. The van der Waals surface area contributed by atoms with Gasteiger partial charge in [0.05, 0.1) is 11.6 Å². The number of β-amino-alcohol motifs (C(OH)–C–C–N with tert-alkyl or cyclic N) is 1.